The van der Waals surface area contributed by atoms with E-state index in [1.54, 1.807) is 0 Å². The molecule has 2 aliphatic rings. The van der Waals surface area contributed by atoms with Crippen LogP contribution in [-0.2, 0) is 0 Å². The van der Waals surface area contributed by atoms with Crippen LogP contribution in [0.5, 0.6) is 0 Å². The van der Waals surface area contributed by atoms with Gasteiger partial charge in [-0.1, -0.05) is 13.3 Å². The fourth-order valence-electron chi connectivity index (χ4n) is 2.84. The van der Waals surface area contributed by atoms with E-state index in [1.807, 2.05) is 0 Å². The van der Waals surface area contributed by atoms with Gasteiger partial charge in [-0.3, -0.25) is 0 Å². The standard InChI is InChI=1S/C12H24N2/c1-2-3-6-14-10-11-9-12(11)4-7-13-8-5-12/h11,13-14H,2-10H2,1H3. The summed E-state index contributed by atoms with van der Waals surface area (Å²) >= 11 is 0. The molecule has 1 aliphatic carbocycles. The maximum absolute atomic E-state index is 3.60. The van der Waals surface area contributed by atoms with Gasteiger partial charge < -0.3 is 10.6 Å². The fraction of sp³-hybridized carbons (Fsp3) is 1.00. The van der Waals surface area contributed by atoms with Gasteiger partial charge in [0.2, 0.25) is 0 Å². The second kappa shape index (κ2) is 4.63. The summed E-state index contributed by atoms with van der Waals surface area (Å²) < 4.78 is 0. The molecular weight excluding hydrogens is 172 g/mol. The van der Waals surface area contributed by atoms with Gasteiger partial charge in [0.1, 0.15) is 0 Å². The molecule has 1 saturated heterocycles. The third-order valence-electron chi connectivity index (χ3n) is 4.06. The summed E-state index contributed by atoms with van der Waals surface area (Å²) in [5.74, 6) is 1.00. The molecule has 2 rings (SSSR count). The zero-order valence-electron chi connectivity index (χ0n) is 9.44. The van der Waals surface area contributed by atoms with E-state index in [2.05, 4.69) is 17.6 Å². The van der Waals surface area contributed by atoms with Crippen LogP contribution in [0, 0.1) is 11.3 Å². The highest BCUT2D eigenvalue weighted by molar-refractivity contribution is 5.04. The summed E-state index contributed by atoms with van der Waals surface area (Å²) in [5, 5.41) is 7.06. The highest BCUT2D eigenvalue weighted by Gasteiger charge is 2.52. The van der Waals surface area contributed by atoms with Gasteiger partial charge in [-0.05, 0) is 63.2 Å². The number of piperidine rings is 1. The quantitative estimate of drug-likeness (QED) is 0.655. The van der Waals surface area contributed by atoms with Crippen LogP contribution in [0.2, 0.25) is 0 Å². The molecule has 1 aliphatic heterocycles. The van der Waals surface area contributed by atoms with E-state index < -0.39 is 0 Å². The normalized spacial score (nSPS) is 29.4. The monoisotopic (exact) mass is 196 g/mol. The second-order valence-corrected chi connectivity index (χ2v) is 5.07. The summed E-state index contributed by atoms with van der Waals surface area (Å²) in [5.41, 5.74) is 0.768. The number of rotatable bonds is 5. The average Bonchev–Trinajstić information content (AvgIpc) is 2.87. The van der Waals surface area contributed by atoms with Crippen molar-refractivity contribution in [3.8, 4) is 0 Å². The molecule has 1 atom stereocenters. The Morgan fingerprint density at radius 3 is 2.86 bits per heavy atom. The Labute approximate surface area is 87.8 Å². The van der Waals surface area contributed by atoms with Crippen LogP contribution in [0.15, 0.2) is 0 Å². The second-order valence-electron chi connectivity index (χ2n) is 5.07. The largest absolute Gasteiger partial charge is 0.317 e. The Kier molecular flexibility index (Phi) is 3.45. The molecule has 0 amide bonds. The van der Waals surface area contributed by atoms with Crippen molar-refractivity contribution in [1.82, 2.24) is 10.6 Å². The zero-order chi connectivity index (χ0) is 9.86. The van der Waals surface area contributed by atoms with Crippen molar-refractivity contribution in [2.45, 2.75) is 39.0 Å². The molecule has 2 nitrogen and oxygen atoms in total. The molecule has 1 heterocycles. The fourth-order valence-corrected chi connectivity index (χ4v) is 2.84. The molecule has 1 saturated carbocycles. The lowest BCUT2D eigenvalue weighted by Gasteiger charge is -2.23. The van der Waals surface area contributed by atoms with Gasteiger partial charge >= 0.3 is 0 Å². The number of nitrogens with one attached hydrogen (secondary N) is 2. The molecule has 14 heavy (non-hydrogen) atoms. The molecule has 1 unspecified atom stereocenters. The van der Waals surface area contributed by atoms with Crippen LogP contribution in [0.25, 0.3) is 0 Å². The Morgan fingerprint density at radius 1 is 1.36 bits per heavy atom. The molecule has 0 aromatic rings. The third-order valence-corrected chi connectivity index (χ3v) is 4.06. The van der Waals surface area contributed by atoms with Crippen molar-refractivity contribution in [3.05, 3.63) is 0 Å². The van der Waals surface area contributed by atoms with E-state index >= 15 is 0 Å². The third kappa shape index (κ3) is 2.29. The molecule has 0 aromatic heterocycles. The van der Waals surface area contributed by atoms with Crippen molar-refractivity contribution >= 4 is 0 Å². The topological polar surface area (TPSA) is 24.1 Å². The lowest BCUT2D eigenvalue weighted by atomic mass is 9.92. The summed E-state index contributed by atoms with van der Waals surface area (Å²) in [4.78, 5) is 0. The first-order valence-corrected chi connectivity index (χ1v) is 6.29. The predicted octanol–water partition coefficient (Wildman–Crippen LogP) is 1.77. The number of hydrogen-bond donors (Lipinski definition) is 2. The van der Waals surface area contributed by atoms with E-state index in [1.165, 1.54) is 58.3 Å². The van der Waals surface area contributed by atoms with Gasteiger partial charge in [0.15, 0.2) is 0 Å². The minimum atomic E-state index is 0.768. The Bertz CT molecular complexity index is 173. The van der Waals surface area contributed by atoms with Gasteiger partial charge in [-0.15, -0.1) is 0 Å². The van der Waals surface area contributed by atoms with Crippen LogP contribution in [0.1, 0.15) is 39.0 Å². The Morgan fingerprint density at radius 2 is 2.14 bits per heavy atom. The van der Waals surface area contributed by atoms with Gasteiger partial charge in [0, 0.05) is 0 Å². The molecular formula is C12H24N2. The number of hydrogen-bond acceptors (Lipinski definition) is 2. The van der Waals surface area contributed by atoms with Crippen molar-refractivity contribution < 1.29 is 0 Å². The summed E-state index contributed by atoms with van der Waals surface area (Å²) in [6, 6.07) is 0. The number of unbranched alkanes of at least 4 members (excludes halogenated alkanes) is 1. The van der Waals surface area contributed by atoms with Crippen LogP contribution in [0.3, 0.4) is 0 Å². The summed E-state index contributed by atoms with van der Waals surface area (Å²) in [6.45, 7) is 7.27. The van der Waals surface area contributed by atoms with E-state index in [4.69, 9.17) is 0 Å². The highest BCUT2D eigenvalue weighted by atomic mass is 14.9. The van der Waals surface area contributed by atoms with Gasteiger partial charge in [0.05, 0.1) is 0 Å². The van der Waals surface area contributed by atoms with Crippen molar-refractivity contribution in [2.75, 3.05) is 26.2 Å². The molecule has 0 radical (unpaired) electrons. The van der Waals surface area contributed by atoms with Crippen molar-refractivity contribution in [1.29, 1.82) is 0 Å². The van der Waals surface area contributed by atoms with Gasteiger partial charge in [0.25, 0.3) is 0 Å². The minimum absolute atomic E-state index is 0.768. The first-order chi connectivity index (χ1) is 6.87. The Balaban J connectivity index is 1.60. The van der Waals surface area contributed by atoms with Crippen LogP contribution < -0.4 is 10.6 Å². The van der Waals surface area contributed by atoms with E-state index in [9.17, 15) is 0 Å². The van der Waals surface area contributed by atoms with Gasteiger partial charge in [-0.2, -0.15) is 0 Å². The van der Waals surface area contributed by atoms with E-state index in [0.29, 0.717) is 0 Å². The van der Waals surface area contributed by atoms with Crippen LogP contribution in [0.4, 0.5) is 0 Å². The maximum Gasteiger partial charge on any atom is -0.00150 e. The molecule has 2 heteroatoms. The zero-order valence-corrected chi connectivity index (χ0v) is 9.44. The van der Waals surface area contributed by atoms with Crippen molar-refractivity contribution in [3.63, 3.8) is 0 Å². The molecule has 82 valence electrons. The lowest BCUT2D eigenvalue weighted by molar-refractivity contribution is 0.319. The minimum Gasteiger partial charge on any atom is -0.317 e. The van der Waals surface area contributed by atoms with E-state index in [-0.39, 0.29) is 0 Å². The summed E-state index contributed by atoms with van der Waals surface area (Å²) in [7, 11) is 0. The first kappa shape index (κ1) is 10.4. The molecule has 1 spiro atoms. The van der Waals surface area contributed by atoms with Crippen molar-refractivity contribution in [2.24, 2.45) is 11.3 Å². The predicted molar refractivity (Wildman–Crippen MR) is 60.4 cm³/mol. The average molecular weight is 196 g/mol. The van der Waals surface area contributed by atoms with Gasteiger partial charge in [-0.25, -0.2) is 0 Å². The maximum atomic E-state index is 3.60. The molecule has 2 N–H and O–H groups in total. The summed E-state index contributed by atoms with van der Waals surface area (Å²) in [6.07, 6.45) is 6.99. The highest BCUT2D eigenvalue weighted by Crippen LogP contribution is 2.58. The SMILES string of the molecule is CCCCNCC1CC12CCNCC2. The molecule has 0 aromatic carbocycles. The molecule has 2 fully saturated rings. The Hall–Kier alpha value is -0.0800. The smallest absolute Gasteiger partial charge is 0.00150 e. The van der Waals surface area contributed by atoms with Crippen LogP contribution in [-0.4, -0.2) is 26.2 Å². The first-order valence-electron chi connectivity index (χ1n) is 6.29. The molecule has 0 bridgehead atoms. The van der Waals surface area contributed by atoms with E-state index in [0.717, 1.165) is 11.3 Å². The van der Waals surface area contributed by atoms with Crippen LogP contribution >= 0.6 is 0 Å². The lowest BCUT2D eigenvalue weighted by Crippen LogP contribution is -2.31.